The first-order valence-corrected chi connectivity index (χ1v) is 10.8. The molecule has 1 amide bonds. The number of fused-ring (bicyclic) bond motifs is 3. The molecular weight excluding hydrogens is 408 g/mol. The van der Waals surface area contributed by atoms with Crippen LogP contribution in [-0.2, 0) is 11.2 Å². The molecule has 0 fully saturated rings. The van der Waals surface area contributed by atoms with Crippen LogP contribution in [-0.4, -0.2) is 30.1 Å². The number of anilines is 1. The molecule has 0 radical (unpaired) electrons. The van der Waals surface area contributed by atoms with E-state index in [1.54, 1.807) is 0 Å². The Balaban J connectivity index is 1.31. The predicted molar refractivity (Wildman–Crippen MR) is 122 cm³/mol. The van der Waals surface area contributed by atoms with E-state index in [1.165, 1.54) is 11.5 Å². The number of aryl methyl sites for hydroxylation is 2. The molecule has 31 heavy (non-hydrogen) atoms. The van der Waals surface area contributed by atoms with Crippen molar-refractivity contribution in [2.45, 2.75) is 26.7 Å². The number of carbonyl (C=O) groups excluding carboxylic acids is 1. The van der Waals surface area contributed by atoms with Gasteiger partial charge in [-0.05, 0) is 61.6 Å². The van der Waals surface area contributed by atoms with Crippen molar-refractivity contribution in [2.75, 3.05) is 5.32 Å². The highest BCUT2D eigenvalue weighted by atomic mass is 32.1. The van der Waals surface area contributed by atoms with Crippen LogP contribution in [0.3, 0.4) is 0 Å². The van der Waals surface area contributed by atoms with Crippen LogP contribution in [0.1, 0.15) is 23.4 Å². The second-order valence-corrected chi connectivity index (χ2v) is 8.04. The van der Waals surface area contributed by atoms with Crippen molar-refractivity contribution in [3.8, 4) is 11.3 Å². The number of amides is 1. The maximum Gasteiger partial charge on any atom is 0.224 e. The molecule has 3 heterocycles. The first kappa shape index (κ1) is 19.3. The molecule has 0 atom stereocenters. The van der Waals surface area contributed by atoms with Gasteiger partial charge in [0.05, 0.1) is 5.52 Å². The number of nitrogens with zero attached hydrogens (tertiary/aromatic N) is 5. The molecule has 7 nitrogen and oxygen atoms in total. The van der Waals surface area contributed by atoms with Crippen molar-refractivity contribution >= 4 is 39.7 Å². The van der Waals surface area contributed by atoms with Crippen molar-refractivity contribution in [1.82, 2.24) is 24.2 Å². The normalized spacial score (nSPS) is 11.3. The van der Waals surface area contributed by atoms with Gasteiger partial charge in [0.1, 0.15) is 5.69 Å². The third kappa shape index (κ3) is 3.66. The zero-order valence-electron chi connectivity index (χ0n) is 17.2. The lowest BCUT2D eigenvalue weighted by atomic mass is 10.1. The van der Waals surface area contributed by atoms with Gasteiger partial charge >= 0.3 is 0 Å². The topological polar surface area (TPSA) is 85.1 Å². The maximum absolute atomic E-state index is 12.6. The van der Waals surface area contributed by atoms with Gasteiger partial charge in [0.25, 0.3) is 0 Å². The molecule has 3 aromatic heterocycles. The Bertz CT molecular complexity index is 1390. The second kappa shape index (κ2) is 7.88. The minimum absolute atomic E-state index is 0.0346. The highest BCUT2D eigenvalue weighted by Crippen LogP contribution is 2.23. The van der Waals surface area contributed by atoms with Gasteiger partial charge in [-0.3, -0.25) is 4.79 Å². The molecule has 5 rings (SSSR count). The van der Waals surface area contributed by atoms with Gasteiger partial charge in [0.2, 0.25) is 5.91 Å². The van der Waals surface area contributed by atoms with Crippen LogP contribution < -0.4 is 5.32 Å². The maximum atomic E-state index is 12.6. The summed E-state index contributed by atoms with van der Waals surface area (Å²) < 4.78 is 5.76. The molecular formula is C23H20N6OS. The highest BCUT2D eigenvalue weighted by molar-refractivity contribution is 7.03. The predicted octanol–water partition coefficient (Wildman–Crippen LogP) is 4.59. The smallest absolute Gasteiger partial charge is 0.224 e. The minimum atomic E-state index is -0.0346. The van der Waals surface area contributed by atoms with Gasteiger partial charge in [-0.15, -0.1) is 5.10 Å². The number of hydrogen-bond donors (Lipinski definition) is 1. The third-order valence-electron chi connectivity index (χ3n) is 5.44. The fourth-order valence-corrected chi connectivity index (χ4v) is 4.28. The molecule has 0 aliphatic rings. The quantitative estimate of drug-likeness (QED) is 0.443. The minimum Gasteiger partial charge on any atom is -0.326 e. The van der Waals surface area contributed by atoms with Crippen molar-refractivity contribution in [1.29, 1.82) is 0 Å². The molecule has 0 spiro atoms. The lowest BCUT2D eigenvalue weighted by molar-refractivity contribution is -0.116. The number of carbonyl (C=O) groups is 1. The second-order valence-electron chi connectivity index (χ2n) is 7.43. The molecule has 0 unspecified atom stereocenters. The average Bonchev–Trinajstić information content (AvgIpc) is 3.43. The summed E-state index contributed by atoms with van der Waals surface area (Å²) >= 11 is 1.32. The molecule has 0 aliphatic heterocycles. The van der Waals surface area contributed by atoms with Crippen molar-refractivity contribution in [3.05, 3.63) is 70.9 Å². The zero-order chi connectivity index (χ0) is 21.4. The van der Waals surface area contributed by atoms with Crippen LogP contribution in [0.4, 0.5) is 5.69 Å². The van der Waals surface area contributed by atoms with Gasteiger partial charge in [0.15, 0.2) is 5.65 Å². The van der Waals surface area contributed by atoms with Crippen molar-refractivity contribution < 1.29 is 4.79 Å². The van der Waals surface area contributed by atoms with E-state index in [0.717, 1.165) is 50.4 Å². The Labute approximate surface area is 182 Å². The van der Waals surface area contributed by atoms with Gasteiger partial charge in [-0.1, -0.05) is 28.8 Å². The van der Waals surface area contributed by atoms with E-state index in [4.69, 9.17) is 4.98 Å². The summed E-state index contributed by atoms with van der Waals surface area (Å²) in [6.45, 7) is 4.03. The van der Waals surface area contributed by atoms with Gasteiger partial charge in [0, 0.05) is 39.8 Å². The van der Waals surface area contributed by atoms with Crippen molar-refractivity contribution in [2.24, 2.45) is 0 Å². The molecule has 8 heteroatoms. The monoisotopic (exact) mass is 428 g/mol. The van der Waals surface area contributed by atoms with Crippen LogP contribution in [0.5, 0.6) is 0 Å². The molecule has 0 aliphatic carbocycles. The summed E-state index contributed by atoms with van der Waals surface area (Å²) in [7, 11) is 0. The Morgan fingerprint density at radius 2 is 1.90 bits per heavy atom. The van der Waals surface area contributed by atoms with Crippen LogP contribution in [0.15, 0.2) is 53.9 Å². The summed E-state index contributed by atoms with van der Waals surface area (Å²) in [5.74, 6) is -0.0346. The van der Waals surface area contributed by atoms with Gasteiger partial charge in [-0.2, -0.15) is 5.10 Å². The number of hydrogen-bond acceptors (Lipinski definition) is 6. The van der Waals surface area contributed by atoms with Crippen molar-refractivity contribution in [3.63, 3.8) is 0 Å². The fourth-order valence-electron chi connectivity index (χ4n) is 3.82. The summed E-state index contributed by atoms with van der Waals surface area (Å²) in [6, 6.07) is 15.6. The summed E-state index contributed by atoms with van der Waals surface area (Å²) in [5.41, 5.74) is 7.36. The van der Waals surface area contributed by atoms with E-state index < -0.39 is 0 Å². The third-order valence-corrected chi connectivity index (χ3v) is 5.95. The Hall–Kier alpha value is -3.65. The van der Waals surface area contributed by atoms with E-state index in [2.05, 4.69) is 20.0 Å². The summed E-state index contributed by atoms with van der Waals surface area (Å²) in [6.07, 6.45) is 0.971. The van der Waals surface area contributed by atoms with Crippen LogP contribution >= 0.6 is 11.5 Å². The number of aromatic nitrogens is 5. The zero-order valence-corrected chi connectivity index (χ0v) is 18.0. The summed E-state index contributed by atoms with van der Waals surface area (Å²) in [4.78, 5) is 17.3. The number of benzene rings is 2. The van der Waals surface area contributed by atoms with Gasteiger partial charge in [-0.25, -0.2) is 9.50 Å². The molecule has 1 N–H and O–H groups in total. The summed E-state index contributed by atoms with van der Waals surface area (Å²) in [5, 5.41) is 14.6. The molecule has 5 aromatic rings. The van der Waals surface area contributed by atoms with E-state index in [0.29, 0.717) is 12.8 Å². The fraction of sp³-hybridized carbons (Fsp3) is 0.174. The standard InChI is InChI=1S/C23H20N6OS/c1-14-18(15(2)29-23(24-14)19-5-3-4-6-20(19)27-29)11-12-22(30)25-17-9-7-16(8-10-17)21-13-31-28-26-21/h3-10,13H,11-12H2,1-2H3,(H,25,30). The Morgan fingerprint density at radius 1 is 1.10 bits per heavy atom. The molecule has 2 aromatic carbocycles. The van der Waals surface area contributed by atoms with E-state index in [-0.39, 0.29) is 5.91 Å². The lowest BCUT2D eigenvalue weighted by Crippen LogP contribution is -2.14. The SMILES string of the molecule is Cc1nc2c3ccccc3nn2c(C)c1CCC(=O)Nc1ccc(-c2csnn2)cc1. The molecule has 0 saturated heterocycles. The molecule has 0 bridgehead atoms. The van der Waals surface area contributed by atoms with Crippen LogP contribution in [0.2, 0.25) is 0 Å². The van der Waals surface area contributed by atoms with Crippen LogP contribution in [0, 0.1) is 13.8 Å². The van der Waals surface area contributed by atoms with E-state index >= 15 is 0 Å². The van der Waals surface area contributed by atoms with E-state index in [9.17, 15) is 4.79 Å². The Kier molecular flexibility index (Phi) is 4.91. The average molecular weight is 429 g/mol. The number of rotatable bonds is 5. The largest absolute Gasteiger partial charge is 0.326 e. The van der Waals surface area contributed by atoms with Crippen LogP contribution in [0.25, 0.3) is 27.8 Å². The Morgan fingerprint density at radius 3 is 2.68 bits per heavy atom. The lowest BCUT2D eigenvalue weighted by Gasteiger charge is -2.11. The molecule has 154 valence electrons. The van der Waals surface area contributed by atoms with E-state index in [1.807, 2.05) is 72.3 Å². The highest BCUT2D eigenvalue weighted by Gasteiger charge is 2.15. The van der Waals surface area contributed by atoms with Gasteiger partial charge < -0.3 is 5.32 Å². The molecule has 0 saturated carbocycles. The first-order chi connectivity index (χ1) is 15.1. The first-order valence-electron chi connectivity index (χ1n) is 10.0. The number of nitrogens with one attached hydrogen (secondary N) is 1.